The molecule has 0 amide bonds. The van der Waals surface area contributed by atoms with Crippen molar-refractivity contribution in [2.24, 2.45) is 0 Å². The highest BCUT2D eigenvalue weighted by Gasteiger charge is 2.11. The van der Waals surface area contributed by atoms with E-state index in [4.69, 9.17) is 0 Å². The zero-order chi connectivity index (χ0) is 12.4. The van der Waals surface area contributed by atoms with Crippen LogP contribution in [0.15, 0.2) is 28.9 Å². The van der Waals surface area contributed by atoms with Crippen LogP contribution in [0.25, 0.3) is 5.69 Å². The van der Waals surface area contributed by atoms with E-state index in [2.05, 4.69) is 26.2 Å². The number of nitrogens with zero attached hydrogens (tertiary/aromatic N) is 3. The molecule has 17 heavy (non-hydrogen) atoms. The molecule has 5 heteroatoms. The molecule has 0 spiro atoms. The first-order chi connectivity index (χ1) is 8.11. The molecule has 1 unspecified atom stereocenters. The Morgan fingerprint density at radius 3 is 2.94 bits per heavy atom. The summed E-state index contributed by atoms with van der Waals surface area (Å²) < 4.78 is 2.62. The van der Waals surface area contributed by atoms with E-state index in [1.807, 2.05) is 32.0 Å². The van der Waals surface area contributed by atoms with E-state index in [0.29, 0.717) is 12.1 Å². The molecule has 0 aliphatic rings. The summed E-state index contributed by atoms with van der Waals surface area (Å²) in [6.07, 6.45) is 1.84. The van der Waals surface area contributed by atoms with Crippen LogP contribution in [0.4, 0.5) is 0 Å². The molecule has 4 nitrogen and oxygen atoms in total. The van der Waals surface area contributed by atoms with Gasteiger partial charge in [0, 0.05) is 4.47 Å². The Kier molecular flexibility index (Phi) is 3.59. The van der Waals surface area contributed by atoms with Crippen molar-refractivity contribution in [3.63, 3.8) is 0 Å². The first-order valence-electron chi connectivity index (χ1n) is 5.48. The lowest BCUT2D eigenvalue weighted by atomic mass is 10.2. The summed E-state index contributed by atoms with van der Waals surface area (Å²) in [5.74, 6) is 0. The van der Waals surface area contributed by atoms with Gasteiger partial charge in [0.2, 0.25) is 0 Å². The third-order valence-corrected chi connectivity index (χ3v) is 3.26. The molecule has 2 aromatic rings. The van der Waals surface area contributed by atoms with E-state index in [0.717, 1.165) is 15.7 Å². The maximum atomic E-state index is 9.69. The SMILES string of the molecule is CCC(O)c1cn(-c2cc(C)ccc2Br)nn1. The molecule has 1 heterocycles. The van der Waals surface area contributed by atoms with Crippen LogP contribution in [0.2, 0.25) is 0 Å². The molecule has 1 aromatic heterocycles. The maximum absolute atomic E-state index is 9.69. The summed E-state index contributed by atoms with van der Waals surface area (Å²) in [5, 5.41) is 17.7. The highest BCUT2D eigenvalue weighted by Crippen LogP contribution is 2.22. The molecule has 0 bridgehead atoms. The Labute approximate surface area is 108 Å². The standard InChI is InChI=1S/C12H14BrN3O/c1-3-12(17)10-7-16(15-14-10)11-6-8(2)4-5-9(11)13/h4-7,12,17H,3H2,1-2H3. The fourth-order valence-corrected chi connectivity index (χ4v) is 1.98. The fraction of sp³-hybridized carbons (Fsp3) is 0.333. The zero-order valence-corrected chi connectivity index (χ0v) is 11.3. The molecular weight excluding hydrogens is 282 g/mol. The number of hydrogen-bond donors (Lipinski definition) is 1. The number of aryl methyl sites for hydroxylation is 1. The van der Waals surface area contributed by atoms with Crippen LogP contribution in [0.1, 0.15) is 30.7 Å². The van der Waals surface area contributed by atoms with Crippen molar-refractivity contribution in [1.29, 1.82) is 0 Å². The summed E-state index contributed by atoms with van der Waals surface area (Å²) in [4.78, 5) is 0. The van der Waals surface area contributed by atoms with E-state index in [9.17, 15) is 5.11 Å². The summed E-state index contributed by atoms with van der Waals surface area (Å²) in [6, 6.07) is 6.01. The molecule has 0 aliphatic carbocycles. The summed E-state index contributed by atoms with van der Waals surface area (Å²) in [5.41, 5.74) is 2.67. The topological polar surface area (TPSA) is 50.9 Å². The van der Waals surface area contributed by atoms with Gasteiger partial charge in [0.1, 0.15) is 5.69 Å². The largest absolute Gasteiger partial charge is 0.387 e. The van der Waals surface area contributed by atoms with Gasteiger partial charge in [0.15, 0.2) is 0 Å². The molecular formula is C12H14BrN3O. The minimum Gasteiger partial charge on any atom is -0.387 e. The number of hydrogen-bond acceptors (Lipinski definition) is 3. The Hall–Kier alpha value is -1.20. The number of aliphatic hydroxyl groups excluding tert-OH is 1. The van der Waals surface area contributed by atoms with Crippen LogP contribution >= 0.6 is 15.9 Å². The zero-order valence-electron chi connectivity index (χ0n) is 9.76. The summed E-state index contributed by atoms with van der Waals surface area (Å²) >= 11 is 3.48. The molecule has 0 saturated carbocycles. The molecule has 1 atom stereocenters. The highest BCUT2D eigenvalue weighted by atomic mass is 79.9. The summed E-state index contributed by atoms with van der Waals surface area (Å²) in [7, 11) is 0. The molecule has 0 radical (unpaired) electrons. The predicted octanol–water partition coefficient (Wildman–Crippen LogP) is 2.78. The van der Waals surface area contributed by atoms with Crippen LogP contribution in [0.5, 0.6) is 0 Å². The van der Waals surface area contributed by atoms with Gasteiger partial charge in [0.05, 0.1) is 18.0 Å². The molecule has 0 aliphatic heterocycles. The second-order valence-electron chi connectivity index (χ2n) is 3.97. The van der Waals surface area contributed by atoms with Crippen LogP contribution in [0.3, 0.4) is 0 Å². The normalized spacial score (nSPS) is 12.7. The van der Waals surface area contributed by atoms with Gasteiger partial charge in [-0.3, -0.25) is 0 Å². The number of aliphatic hydroxyl groups is 1. The maximum Gasteiger partial charge on any atom is 0.112 e. The molecule has 2 rings (SSSR count). The van der Waals surface area contributed by atoms with Crippen LogP contribution in [-0.4, -0.2) is 20.1 Å². The van der Waals surface area contributed by atoms with Crippen molar-refractivity contribution in [1.82, 2.24) is 15.0 Å². The number of aromatic nitrogens is 3. The minimum atomic E-state index is -0.549. The van der Waals surface area contributed by atoms with E-state index in [-0.39, 0.29) is 0 Å². The Balaban J connectivity index is 2.40. The van der Waals surface area contributed by atoms with Crippen LogP contribution in [0, 0.1) is 6.92 Å². The molecule has 1 aromatic carbocycles. The average Bonchev–Trinajstić information content (AvgIpc) is 2.80. The second-order valence-corrected chi connectivity index (χ2v) is 4.82. The molecule has 90 valence electrons. The van der Waals surface area contributed by atoms with Gasteiger partial charge in [0.25, 0.3) is 0 Å². The molecule has 1 N–H and O–H groups in total. The molecule has 0 saturated heterocycles. The summed E-state index contributed by atoms with van der Waals surface area (Å²) in [6.45, 7) is 3.93. The van der Waals surface area contributed by atoms with Gasteiger partial charge in [-0.15, -0.1) is 5.10 Å². The third-order valence-electron chi connectivity index (χ3n) is 2.59. The van der Waals surface area contributed by atoms with Crippen molar-refractivity contribution in [3.05, 3.63) is 40.1 Å². The average molecular weight is 296 g/mol. The number of benzene rings is 1. The van der Waals surface area contributed by atoms with E-state index in [1.54, 1.807) is 10.9 Å². The molecule has 0 fully saturated rings. The Morgan fingerprint density at radius 1 is 1.47 bits per heavy atom. The van der Waals surface area contributed by atoms with Crippen molar-refractivity contribution >= 4 is 15.9 Å². The van der Waals surface area contributed by atoms with Gasteiger partial charge < -0.3 is 5.11 Å². The number of rotatable bonds is 3. The monoisotopic (exact) mass is 295 g/mol. The lowest BCUT2D eigenvalue weighted by Gasteiger charge is -2.04. The van der Waals surface area contributed by atoms with Crippen molar-refractivity contribution in [3.8, 4) is 5.69 Å². The van der Waals surface area contributed by atoms with Gasteiger partial charge in [-0.05, 0) is 47.0 Å². The van der Waals surface area contributed by atoms with Crippen molar-refractivity contribution < 1.29 is 5.11 Å². The predicted molar refractivity (Wildman–Crippen MR) is 69.0 cm³/mol. The fourth-order valence-electron chi connectivity index (χ4n) is 1.55. The van der Waals surface area contributed by atoms with Crippen molar-refractivity contribution in [2.45, 2.75) is 26.4 Å². The van der Waals surface area contributed by atoms with Gasteiger partial charge in [-0.1, -0.05) is 18.2 Å². The third kappa shape index (κ3) is 2.56. The lowest BCUT2D eigenvalue weighted by Crippen LogP contribution is -1.97. The minimum absolute atomic E-state index is 0.549. The van der Waals surface area contributed by atoms with Gasteiger partial charge >= 0.3 is 0 Å². The highest BCUT2D eigenvalue weighted by molar-refractivity contribution is 9.10. The van der Waals surface area contributed by atoms with Crippen LogP contribution in [-0.2, 0) is 0 Å². The number of halogens is 1. The smallest absolute Gasteiger partial charge is 0.112 e. The van der Waals surface area contributed by atoms with Gasteiger partial charge in [-0.25, -0.2) is 4.68 Å². The Bertz CT molecular complexity index is 524. The Morgan fingerprint density at radius 2 is 2.24 bits per heavy atom. The first kappa shape index (κ1) is 12.3. The first-order valence-corrected chi connectivity index (χ1v) is 6.28. The van der Waals surface area contributed by atoms with E-state index >= 15 is 0 Å². The van der Waals surface area contributed by atoms with Crippen molar-refractivity contribution in [2.75, 3.05) is 0 Å². The second kappa shape index (κ2) is 4.98. The van der Waals surface area contributed by atoms with Crippen LogP contribution < -0.4 is 0 Å². The quantitative estimate of drug-likeness (QED) is 0.947. The lowest BCUT2D eigenvalue weighted by molar-refractivity contribution is 0.169. The van der Waals surface area contributed by atoms with E-state index in [1.165, 1.54) is 0 Å². The van der Waals surface area contributed by atoms with E-state index < -0.39 is 6.10 Å². The van der Waals surface area contributed by atoms with Gasteiger partial charge in [-0.2, -0.15) is 0 Å².